The Morgan fingerprint density at radius 3 is 2.86 bits per heavy atom. The topological polar surface area (TPSA) is 41.1 Å². The molecule has 0 saturated heterocycles. The van der Waals surface area contributed by atoms with Crippen LogP contribution in [-0.2, 0) is 11.2 Å². The Balaban J connectivity index is 1.61. The summed E-state index contributed by atoms with van der Waals surface area (Å²) in [6, 6.07) is 8.59. The van der Waals surface area contributed by atoms with Gasteiger partial charge in [0.15, 0.2) is 0 Å². The number of amides is 1. The molecule has 2 aliphatic rings. The van der Waals surface area contributed by atoms with Crippen LogP contribution in [0.25, 0.3) is 0 Å². The summed E-state index contributed by atoms with van der Waals surface area (Å²) in [6.45, 7) is 2.28. The van der Waals surface area contributed by atoms with Gasteiger partial charge in [0, 0.05) is 11.7 Å². The molecule has 3 nitrogen and oxygen atoms in total. The number of hydrogen-bond donors (Lipinski definition) is 2. The van der Waals surface area contributed by atoms with E-state index in [0.717, 1.165) is 24.9 Å². The molecule has 2 N–H and O–H groups in total. The molecular formula is C18H26N2O. The Hall–Kier alpha value is -1.51. The molecule has 0 aromatic heterocycles. The van der Waals surface area contributed by atoms with Crippen molar-refractivity contribution in [2.75, 3.05) is 5.32 Å². The fourth-order valence-corrected chi connectivity index (χ4v) is 3.63. The Bertz CT molecular complexity index is 500. The summed E-state index contributed by atoms with van der Waals surface area (Å²) in [5.74, 6) is 0.788. The molecule has 3 rings (SSSR count). The van der Waals surface area contributed by atoms with Crippen LogP contribution >= 0.6 is 0 Å². The van der Waals surface area contributed by atoms with Crippen molar-refractivity contribution in [2.24, 2.45) is 5.92 Å². The fourth-order valence-electron chi connectivity index (χ4n) is 3.63. The molecule has 3 heteroatoms. The van der Waals surface area contributed by atoms with E-state index >= 15 is 0 Å². The summed E-state index contributed by atoms with van der Waals surface area (Å²) in [5.41, 5.74) is 2.45. The Morgan fingerprint density at radius 1 is 1.14 bits per heavy atom. The second kappa shape index (κ2) is 6.50. The van der Waals surface area contributed by atoms with Crippen molar-refractivity contribution in [3.8, 4) is 0 Å². The van der Waals surface area contributed by atoms with Crippen molar-refractivity contribution < 1.29 is 4.79 Å². The van der Waals surface area contributed by atoms with Gasteiger partial charge in [0.2, 0.25) is 5.91 Å². The number of para-hydroxylation sites is 1. The van der Waals surface area contributed by atoms with Crippen LogP contribution in [0.1, 0.15) is 51.0 Å². The van der Waals surface area contributed by atoms with E-state index in [1.807, 2.05) is 6.07 Å². The maximum atomic E-state index is 12.6. The number of aryl methyl sites for hydroxylation is 1. The van der Waals surface area contributed by atoms with Crippen LogP contribution in [0.4, 0.5) is 5.69 Å². The van der Waals surface area contributed by atoms with E-state index in [-0.39, 0.29) is 11.9 Å². The predicted octanol–water partition coefficient (Wildman–Crippen LogP) is 3.50. The van der Waals surface area contributed by atoms with Crippen molar-refractivity contribution in [1.82, 2.24) is 5.32 Å². The van der Waals surface area contributed by atoms with Crippen LogP contribution in [0.5, 0.6) is 0 Å². The van der Waals surface area contributed by atoms with Gasteiger partial charge in [-0.1, -0.05) is 44.4 Å². The predicted molar refractivity (Wildman–Crippen MR) is 86.4 cm³/mol. The molecule has 0 radical (unpaired) electrons. The summed E-state index contributed by atoms with van der Waals surface area (Å²) >= 11 is 0. The summed E-state index contributed by atoms with van der Waals surface area (Å²) in [6.07, 6.45) is 8.12. The summed E-state index contributed by atoms with van der Waals surface area (Å²) < 4.78 is 0. The van der Waals surface area contributed by atoms with E-state index in [1.165, 1.54) is 31.2 Å². The third-order valence-electron chi connectivity index (χ3n) is 5.06. The molecule has 3 atom stereocenters. The highest BCUT2D eigenvalue weighted by atomic mass is 16.2. The van der Waals surface area contributed by atoms with Gasteiger partial charge in [-0.15, -0.1) is 0 Å². The molecule has 21 heavy (non-hydrogen) atoms. The molecule has 3 unspecified atom stereocenters. The van der Waals surface area contributed by atoms with Gasteiger partial charge in [-0.25, -0.2) is 0 Å². The van der Waals surface area contributed by atoms with Gasteiger partial charge in [0.1, 0.15) is 6.04 Å². The quantitative estimate of drug-likeness (QED) is 0.817. The lowest BCUT2D eigenvalue weighted by molar-refractivity contribution is -0.123. The number of carbonyl (C=O) groups is 1. The maximum Gasteiger partial charge on any atom is 0.242 e. The van der Waals surface area contributed by atoms with E-state index < -0.39 is 0 Å². The van der Waals surface area contributed by atoms with Gasteiger partial charge in [0.05, 0.1) is 0 Å². The van der Waals surface area contributed by atoms with Gasteiger partial charge in [-0.2, -0.15) is 0 Å². The summed E-state index contributed by atoms with van der Waals surface area (Å²) in [7, 11) is 0. The van der Waals surface area contributed by atoms with Crippen molar-refractivity contribution >= 4 is 11.6 Å². The molecule has 1 amide bonds. The molecule has 1 saturated carbocycles. The van der Waals surface area contributed by atoms with Crippen molar-refractivity contribution in [3.05, 3.63) is 29.8 Å². The smallest absolute Gasteiger partial charge is 0.242 e. The molecule has 1 aromatic rings. The number of hydrogen-bond acceptors (Lipinski definition) is 2. The summed E-state index contributed by atoms with van der Waals surface area (Å²) in [4.78, 5) is 12.6. The lowest BCUT2D eigenvalue weighted by Gasteiger charge is -2.29. The first kappa shape index (κ1) is 14.4. The minimum absolute atomic E-state index is 0.0737. The molecule has 1 heterocycles. The van der Waals surface area contributed by atoms with Crippen LogP contribution < -0.4 is 10.6 Å². The van der Waals surface area contributed by atoms with Crippen molar-refractivity contribution in [1.29, 1.82) is 0 Å². The van der Waals surface area contributed by atoms with Crippen molar-refractivity contribution in [2.45, 2.75) is 64.0 Å². The molecule has 0 spiro atoms. The number of rotatable bonds is 2. The van der Waals surface area contributed by atoms with Gasteiger partial charge in [-0.3, -0.25) is 4.79 Å². The highest BCUT2D eigenvalue weighted by Gasteiger charge is 2.27. The zero-order chi connectivity index (χ0) is 14.7. The van der Waals surface area contributed by atoms with Gasteiger partial charge in [0.25, 0.3) is 0 Å². The lowest BCUT2D eigenvalue weighted by atomic mass is 9.94. The Labute approximate surface area is 127 Å². The van der Waals surface area contributed by atoms with Gasteiger partial charge >= 0.3 is 0 Å². The van der Waals surface area contributed by atoms with Crippen molar-refractivity contribution in [3.63, 3.8) is 0 Å². The first-order valence-electron chi connectivity index (χ1n) is 8.39. The highest BCUT2D eigenvalue weighted by molar-refractivity contribution is 5.85. The van der Waals surface area contributed by atoms with E-state index in [4.69, 9.17) is 0 Å². The third-order valence-corrected chi connectivity index (χ3v) is 5.06. The van der Waals surface area contributed by atoms with E-state index in [0.29, 0.717) is 12.0 Å². The first-order valence-corrected chi connectivity index (χ1v) is 8.39. The zero-order valence-electron chi connectivity index (χ0n) is 12.9. The maximum absolute atomic E-state index is 12.6. The van der Waals surface area contributed by atoms with Crippen LogP contribution in [0.2, 0.25) is 0 Å². The number of carbonyl (C=O) groups excluding carboxylic acids is 1. The highest BCUT2D eigenvalue weighted by Crippen LogP contribution is 2.26. The summed E-state index contributed by atoms with van der Waals surface area (Å²) in [5, 5.41) is 6.71. The normalized spacial score (nSPS) is 28.9. The van der Waals surface area contributed by atoms with Crippen LogP contribution in [0.15, 0.2) is 24.3 Å². The van der Waals surface area contributed by atoms with Gasteiger partial charge in [-0.05, 0) is 43.2 Å². The average Bonchev–Trinajstić information content (AvgIpc) is 2.72. The Kier molecular flexibility index (Phi) is 4.47. The Morgan fingerprint density at radius 2 is 1.95 bits per heavy atom. The minimum atomic E-state index is -0.0737. The number of fused-ring (bicyclic) bond motifs is 1. The molecule has 114 valence electrons. The number of benzene rings is 1. The second-order valence-corrected chi connectivity index (χ2v) is 6.62. The lowest BCUT2D eigenvalue weighted by Crippen LogP contribution is -2.47. The van der Waals surface area contributed by atoms with Crippen LogP contribution in [0, 0.1) is 5.92 Å². The minimum Gasteiger partial charge on any atom is -0.373 e. The largest absolute Gasteiger partial charge is 0.373 e. The van der Waals surface area contributed by atoms with E-state index in [2.05, 4.69) is 35.8 Å². The molecule has 1 aliphatic carbocycles. The van der Waals surface area contributed by atoms with E-state index in [9.17, 15) is 4.79 Å². The van der Waals surface area contributed by atoms with E-state index in [1.54, 1.807) is 0 Å². The molecule has 1 aromatic carbocycles. The van der Waals surface area contributed by atoms with Crippen LogP contribution in [-0.4, -0.2) is 18.0 Å². The SMILES string of the molecule is CC1CCCCCC1NC(=O)C1CCc2ccccc2N1. The zero-order valence-corrected chi connectivity index (χ0v) is 12.9. The third kappa shape index (κ3) is 3.39. The van der Waals surface area contributed by atoms with Gasteiger partial charge < -0.3 is 10.6 Å². The standard InChI is InChI=1S/C18H26N2O/c1-13-7-3-2-4-9-15(13)20-18(21)17-12-11-14-8-5-6-10-16(14)19-17/h5-6,8,10,13,15,17,19H,2-4,7,9,11-12H2,1H3,(H,20,21). The first-order chi connectivity index (χ1) is 10.2. The molecule has 1 aliphatic heterocycles. The monoisotopic (exact) mass is 286 g/mol. The molecule has 0 bridgehead atoms. The molecular weight excluding hydrogens is 260 g/mol. The molecule has 1 fully saturated rings. The average molecular weight is 286 g/mol. The number of anilines is 1. The second-order valence-electron chi connectivity index (χ2n) is 6.62. The van der Waals surface area contributed by atoms with Crippen LogP contribution in [0.3, 0.4) is 0 Å². The fraction of sp³-hybridized carbons (Fsp3) is 0.611. The number of nitrogens with one attached hydrogen (secondary N) is 2.